The fourth-order valence-electron chi connectivity index (χ4n) is 1.74. The average molecular weight is 269 g/mol. The van der Waals surface area contributed by atoms with Crippen LogP contribution in [0.5, 0.6) is 23.0 Å². The van der Waals surface area contributed by atoms with E-state index in [0.29, 0.717) is 35.6 Å². The predicted molar refractivity (Wildman–Crippen MR) is 74.7 cm³/mol. The molecule has 1 aromatic carbocycles. The number of benzene rings is 1. The summed E-state index contributed by atoms with van der Waals surface area (Å²) in [5.41, 5.74) is 0. The highest BCUT2D eigenvalue weighted by Crippen LogP contribution is 2.40. The minimum Gasteiger partial charge on any atom is -0.493 e. The lowest BCUT2D eigenvalue weighted by molar-refractivity contribution is 0.261. The van der Waals surface area contributed by atoms with Crippen molar-refractivity contribution >= 4 is 0 Å². The first-order valence-corrected chi connectivity index (χ1v) is 6.30. The molecular weight excluding hydrogens is 246 g/mol. The van der Waals surface area contributed by atoms with Crippen molar-refractivity contribution in [2.24, 2.45) is 0 Å². The smallest absolute Gasteiger partial charge is 0.203 e. The molecule has 1 aromatic rings. The molecule has 0 aromatic heterocycles. The number of nitrogens with one attached hydrogen (secondary N) is 1. The monoisotopic (exact) mass is 269 g/mol. The van der Waals surface area contributed by atoms with E-state index in [1.54, 1.807) is 33.5 Å². The SMILES string of the molecule is CCC(COc1cc(OC)c(OC)c(OC)c1)NC. The first-order chi connectivity index (χ1) is 9.19. The van der Waals surface area contributed by atoms with Gasteiger partial charge in [-0.2, -0.15) is 0 Å². The average Bonchev–Trinajstić information content (AvgIpc) is 2.46. The van der Waals surface area contributed by atoms with Crippen molar-refractivity contribution in [3.63, 3.8) is 0 Å². The molecule has 108 valence electrons. The molecule has 0 saturated heterocycles. The van der Waals surface area contributed by atoms with Crippen LogP contribution in [0.4, 0.5) is 0 Å². The Kier molecular flexibility index (Phi) is 6.29. The molecule has 0 aliphatic heterocycles. The normalized spacial score (nSPS) is 11.8. The van der Waals surface area contributed by atoms with Crippen molar-refractivity contribution in [3.05, 3.63) is 12.1 Å². The summed E-state index contributed by atoms with van der Waals surface area (Å²) in [5, 5.41) is 3.19. The largest absolute Gasteiger partial charge is 0.493 e. The molecule has 1 unspecified atom stereocenters. The van der Waals surface area contributed by atoms with Crippen molar-refractivity contribution < 1.29 is 18.9 Å². The Labute approximate surface area is 114 Å². The predicted octanol–water partition coefficient (Wildman–Crippen LogP) is 2.09. The molecule has 1 N–H and O–H groups in total. The van der Waals surface area contributed by atoms with Crippen molar-refractivity contribution in [1.29, 1.82) is 0 Å². The summed E-state index contributed by atoms with van der Waals surface area (Å²) in [6, 6.07) is 3.91. The Morgan fingerprint density at radius 1 is 1.05 bits per heavy atom. The van der Waals surface area contributed by atoms with Crippen molar-refractivity contribution in [1.82, 2.24) is 5.32 Å². The lowest BCUT2D eigenvalue weighted by Gasteiger charge is -2.17. The van der Waals surface area contributed by atoms with E-state index in [4.69, 9.17) is 18.9 Å². The summed E-state index contributed by atoms with van der Waals surface area (Å²) in [6.45, 7) is 2.70. The van der Waals surface area contributed by atoms with Gasteiger partial charge in [-0.3, -0.25) is 0 Å². The molecule has 0 spiro atoms. The third-order valence-electron chi connectivity index (χ3n) is 2.99. The molecule has 0 heterocycles. The molecule has 0 aliphatic rings. The Morgan fingerprint density at radius 2 is 1.63 bits per heavy atom. The summed E-state index contributed by atoms with van der Waals surface area (Å²) in [5.74, 6) is 2.45. The molecular formula is C14H23NO4. The number of hydrogen-bond acceptors (Lipinski definition) is 5. The minimum atomic E-state index is 0.319. The lowest BCUT2D eigenvalue weighted by atomic mass is 10.2. The number of rotatable bonds is 8. The molecule has 1 atom stereocenters. The van der Waals surface area contributed by atoms with Gasteiger partial charge in [0, 0.05) is 18.2 Å². The molecule has 0 aliphatic carbocycles. The quantitative estimate of drug-likeness (QED) is 0.783. The summed E-state index contributed by atoms with van der Waals surface area (Å²) in [6.07, 6.45) is 1.00. The first-order valence-electron chi connectivity index (χ1n) is 6.30. The third kappa shape index (κ3) is 3.92. The molecule has 0 saturated carbocycles. The molecule has 5 heteroatoms. The second-order valence-corrected chi connectivity index (χ2v) is 4.07. The van der Waals surface area contributed by atoms with Crippen LogP contribution in [0.3, 0.4) is 0 Å². The van der Waals surface area contributed by atoms with Crippen molar-refractivity contribution in [2.75, 3.05) is 35.0 Å². The van der Waals surface area contributed by atoms with Gasteiger partial charge in [0.2, 0.25) is 5.75 Å². The highest BCUT2D eigenvalue weighted by molar-refractivity contribution is 5.55. The van der Waals surface area contributed by atoms with Gasteiger partial charge in [0.15, 0.2) is 11.5 Å². The van der Waals surface area contributed by atoms with E-state index in [2.05, 4.69) is 12.2 Å². The van der Waals surface area contributed by atoms with E-state index in [1.165, 1.54) is 0 Å². The molecule has 0 amide bonds. The van der Waals surface area contributed by atoms with Crippen LogP contribution in [0.25, 0.3) is 0 Å². The Balaban J connectivity index is 2.90. The Morgan fingerprint density at radius 3 is 2.00 bits per heavy atom. The molecule has 0 fully saturated rings. The zero-order chi connectivity index (χ0) is 14.3. The van der Waals surface area contributed by atoms with Crippen molar-refractivity contribution in [2.45, 2.75) is 19.4 Å². The van der Waals surface area contributed by atoms with E-state index in [-0.39, 0.29) is 0 Å². The fraction of sp³-hybridized carbons (Fsp3) is 0.571. The van der Waals surface area contributed by atoms with Crippen LogP contribution in [-0.4, -0.2) is 41.0 Å². The van der Waals surface area contributed by atoms with Crippen LogP contribution >= 0.6 is 0 Å². The number of hydrogen-bond donors (Lipinski definition) is 1. The minimum absolute atomic E-state index is 0.319. The van der Waals surface area contributed by atoms with Gasteiger partial charge in [-0.05, 0) is 13.5 Å². The fourth-order valence-corrected chi connectivity index (χ4v) is 1.74. The van der Waals surface area contributed by atoms with Crippen LogP contribution in [0.2, 0.25) is 0 Å². The van der Waals surface area contributed by atoms with Crippen LogP contribution in [-0.2, 0) is 0 Å². The maximum atomic E-state index is 5.76. The van der Waals surface area contributed by atoms with Gasteiger partial charge in [-0.25, -0.2) is 0 Å². The Hall–Kier alpha value is -1.62. The molecule has 19 heavy (non-hydrogen) atoms. The number of likely N-dealkylation sites (N-methyl/N-ethyl adjacent to an activating group) is 1. The Bertz CT molecular complexity index is 366. The van der Waals surface area contributed by atoms with Gasteiger partial charge < -0.3 is 24.3 Å². The van der Waals surface area contributed by atoms with E-state index in [0.717, 1.165) is 6.42 Å². The second kappa shape index (κ2) is 7.74. The maximum absolute atomic E-state index is 5.76. The molecule has 5 nitrogen and oxygen atoms in total. The highest BCUT2D eigenvalue weighted by Gasteiger charge is 2.14. The molecule has 0 bridgehead atoms. The maximum Gasteiger partial charge on any atom is 0.203 e. The van der Waals surface area contributed by atoms with E-state index >= 15 is 0 Å². The zero-order valence-electron chi connectivity index (χ0n) is 12.3. The first kappa shape index (κ1) is 15.4. The van der Waals surface area contributed by atoms with Gasteiger partial charge in [0.05, 0.1) is 21.3 Å². The van der Waals surface area contributed by atoms with Crippen LogP contribution in [0.1, 0.15) is 13.3 Å². The van der Waals surface area contributed by atoms with E-state index in [1.807, 2.05) is 7.05 Å². The van der Waals surface area contributed by atoms with Gasteiger partial charge in [0.1, 0.15) is 12.4 Å². The topological polar surface area (TPSA) is 49.0 Å². The summed E-state index contributed by atoms with van der Waals surface area (Å²) in [4.78, 5) is 0. The van der Waals surface area contributed by atoms with Crippen LogP contribution in [0, 0.1) is 0 Å². The van der Waals surface area contributed by atoms with Crippen molar-refractivity contribution in [3.8, 4) is 23.0 Å². The molecule has 0 radical (unpaired) electrons. The van der Waals surface area contributed by atoms with Crippen LogP contribution in [0.15, 0.2) is 12.1 Å². The highest BCUT2D eigenvalue weighted by atomic mass is 16.5. The van der Waals surface area contributed by atoms with Gasteiger partial charge in [-0.15, -0.1) is 0 Å². The lowest BCUT2D eigenvalue weighted by Crippen LogP contribution is -2.30. The second-order valence-electron chi connectivity index (χ2n) is 4.07. The van der Waals surface area contributed by atoms with Gasteiger partial charge in [0.25, 0.3) is 0 Å². The van der Waals surface area contributed by atoms with Crippen LogP contribution < -0.4 is 24.3 Å². The number of methoxy groups -OCH3 is 3. The molecule has 1 rings (SSSR count). The van der Waals surface area contributed by atoms with Gasteiger partial charge in [-0.1, -0.05) is 6.92 Å². The number of ether oxygens (including phenoxy) is 4. The standard InChI is InChI=1S/C14H23NO4/c1-6-10(15-2)9-19-11-7-12(16-3)14(18-5)13(8-11)17-4/h7-8,10,15H,6,9H2,1-5H3. The van der Waals surface area contributed by atoms with Gasteiger partial charge >= 0.3 is 0 Å². The summed E-state index contributed by atoms with van der Waals surface area (Å²) < 4.78 is 21.6. The zero-order valence-corrected chi connectivity index (χ0v) is 12.3. The summed E-state index contributed by atoms with van der Waals surface area (Å²) >= 11 is 0. The third-order valence-corrected chi connectivity index (χ3v) is 2.99. The van der Waals surface area contributed by atoms with E-state index < -0.39 is 0 Å². The summed E-state index contributed by atoms with van der Waals surface area (Å²) in [7, 11) is 6.68. The van der Waals surface area contributed by atoms with E-state index in [9.17, 15) is 0 Å².